The Kier molecular flexibility index (Phi) is 2.70. The van der Waals surface area contributed by atoms with Gasteiger partial charge in [-0.25, -0.2) is 0 Å². The van der Waals surface area contributed by atoms with E-state index in [9.17, 15) is 0 Å². The largest absolute Gasteiger partial charge is 0.398 e. The Morgan fingerprint density at radius 2 is 2.29 bits per heavy atom. The van der Waals surface area contributed by atoms with E-state index in [4.69, 9.17) is 10.5 Å². The first-order valence-electron chi connectivity index (χ1n) is 4.65. The van der Waals surface area contributed by atoms with Crippen molar-refractivity contribution in [3.05, 3.63) is 29.1 Å². The molecular weight excluding hydrogens is 194 g/mol. The maximum atomic E-state index is 5.92. The van der Waals surface area contributed by atoms with Gasteiger partial charge in [0.15, 0.2) is 0 Å². The van der Waals surface area contributed by atoms with Crippen LogP contribution in [0.1, 0.15) is 12.5 Å². The molecule has 14 heavy (non-hydrogen) atoms. The normalized spacial score (nSPS) is 10.9. The number of nitrogen functional groups attached to an aromatic ring is 1. The topological polar surface area (TPSA) is 35.2 Å². The van der Waals surface area contributed by atoms with Gasteiger partial charge in [0.2, 0.25) is 0 Å². The Morgan fingerprint density at radius 1 is 1.43 bits per heavy atom. The summed E-state index contributed by atoms with van der Waals surface area (Å²) in [4.78, 5) is 0. The van der Waals surface area contributed by atoms with Gasteiger partial charge in [-0.3, -0.25) is 0 Å². The van der Waals surface area contributed by atoms with Crippen LogP contribution in [0.2, 0.25) is 0 Å². The van der Waals surface area contributed by atoms with Crippen molar-refractivity contribution in [2.45, 2.75) is 13.5 Å². The van der Waals surface area contributed by atoms with E-state index in [0.717, 1.165) is 17.7 Å². The number of hydrogen-bond acceptors (Lipinski definition) is 3. The molecule has 2 nitrogen and oxygen atoms in total. The molecule has 0 spiro atoms. The van der Waals surface area contributed by atoms with Gasteiger partial charge in [-0.05, 0) is 30.0 Å². The maximum Gasteiger partial charge on any atom is 0.0731 e. The number of hydrogen-bond donors (Lipinski definition) is 1. The summed E-state index contributed by atoms with van der Waals surface area (Å²) in [7, 11) is 0. The second-order valence-electron chi connectivity index (χ2n) is 3.12. The van der Waals surface area contributed by atoms with Crippen LogP contribution in [0.4, 0.5) is 5.69 Å². The van der Waals surface area contributed by atoms with Crippen molar-refractivity contribution in [1.29, 1.82) is 0 Å². The van der Waals surface area contributed by atoms with Gasteiger partial charge in [0.25, 0.3) is 0 Å². The molecule has 2 aromatic rings. The van der Waals surface area contributed by atoms with Crippen LogP contribution >= 0.6 is 11.3 Å². The lowest BCUT2D eigenvalue weighted by Crippen LogP contribution is -1.92. The number of rotatable bonds is 3. The summed E-state index contributed by atoms with van der Waals surface area (Å²) in [6, 6.07) is 6.01. The zero-order valence-corrected chi connectivity index (χ0v) is 8.93. The Labute approximate surface area is 87.3 Å². The fourth-order valence-electron chi connectivity index (χ4n) is 1.50. The van der Waals surface area contributed by atoms with Crippen LogP contribution in [0.5, 0.6) is 0 Å². The van der Waals surface area contributed by atoms with Gasteiger partial charge in [0, 0.05) is 22.4 Å². The predicted octanol–water partition coefficient (Wildman–Crippen LogP) is 3.02. The summed E-state index contributed by atoms with van der Waals surface area (Å²) >= 11 is 1.72. The number of fused-ring (bicyclic) bond motifs is 1. The van der Waals surface area contributed by atoms with E-state index in [2.05, 4.69) is 11.4 Å². The zero-order chi connectivity index (χ0) is 9.97. The van der Waals surface area contributed by atoms with Crippen molar-refractivity contribution in [3.63, 3.8) is 0 Å². The molecule has 0 bridgehead atoms. The SMILES string of the molecule is CCOCc1csc2cccc(N)c12. The van der Waals surface area contributed by atoms with Crippen molar-refractivity contribution >= 4 is 27.1 Å². The molecule has 0 radical (unpaired) electrons. The number of anilines is 1. The molecule has 1 aromatic carbocycles. The zero-order valence-electron chi connectivity index (χ0n) is 8.12. The van der Waals surface area contributed by atoms with Crippen LogP contribution in [0.25, 0.3) is 10.1 Å². The molecule has 0 aliphatic rings. The van der Waals surface area contributed by atoms with Gasteiger partial charge in [-0.1, -0.05) is 6.07 Å². The molecular formula is C11H13NOS. The quantitative estimate of drug-likeness (QED) is 0.785. The highest BCUT2D eigenvalue weighted by Gasteiger charge is 2.06. The van der Waals surface area contributed by atoms with Crippen LogP contribution in [-0.2, 0) is 11.3 Å². The fourth-order valence-corrected chi connectivity index (χ4v) is 2.48. The average Bonchev–Trinajstić information content (AvgIpc) is 2.59. The second kappa shape index (κ2) is 3.98. The Balaban J connectivity index is 2.45. The van der Waals surface area contributed by atoms with Crippen LogP contribution in [0.3, 0.4) is 0 Å². The number of benzene rings is 1. The lowest BCUT2D eigenvalue weighted by Gasteiger charge is -2.01. The third-order valence-corrected chi connectivity index (χ3v) is 3.17. The third kappa shape index (κ3) is 1.61. The molecule has 1 heterocycles. The molecule has 74 valence electrons. The van der Waals surface area contributed by atoms with Gasteiger partial charge in [0.1, 0.15) is 0 Å². The highest BCUT2D eigenvalue weighted by Crippen LogP contribution is 2.30. The molecule has 0 unspecified atom stereocenters. The summed E-state index contributed by atoms with van der Waals surface area (Å²) in [6.07, 6.45) is 0. The first-order valence-corrected chi connectivity index (χ1v) is 5.53. The summed E-state index contributed by atoms with van der Waals surface area (Å²) in [6.45, 7) is 3.40. The molecule has 0 atom stereocenters. The van der Waals surface area contributed by atoms with E-state index in [0.29, 0.717) is 6.61 Å². The highest BCUT2D eigenvalue weighted by atomic mass is 32.1. The van der Waals surface area contributed by atoms with Gasteiger partial charge in [-0.2, -0.15) is 0 Å². The molecule has 2 rings (SSSR count). The predicted molar refractivity (Wildman–Crippen MR) is 61.6 cm³/mol. The van der Waals surface area contributed by atoms with Crippen LogP contribution in [0, 0.1) is 0 Å². The molecule has 2 N–H and O–H groups in total. The lowest BCUT2D eigenvalue weighted by molar-refractivity contribution is 0.135. The molecule has 3 heteroatoms. The smallest absolute Gasteiger partial charge is 0.0731 e. The van der Waals surface area contributed by atoms with E-state index in [1.165, 1.54) is 10.3 Å². The second-order valence-corrected chi connectivity index (χ2v) is 4.03. The summed E-state index contributed by atoms with van der Waals surface area (Å²) in [5.74, 6) is 0. The van der Waals surface area contributed by atoms with Crippen molar-refractivity contribution in [2.24, 2.45) is 0 Å². The molecule has 0 saturated heterocycles. The van der Waals surface area contributed by atoms with Crippen LogP contribution < -0.4 is 5.73 Å². The molecule has 1 aromatic heterocycles. The first-order chi connectivity index (χ1) is 6.83. The average molecular weight is 207 g/mol. The van der Waals surface area contributed by atoms with Gasteiger partial charge >= 0.3 is 0 Å². The minimum atomic E-state index is 0.657. The van der Waals surface area contributed by atoms with Crippen molar-refractivity contribution < 1.29 is 4.74 Å². The minimum absolute atomic E-state index is 0.657. The maximum absolute atomic E-state index is 5.92. The Morgan fingerprint density at radius 3 is 3.07 bits per heavy atom. The Hall–Kier alpha value is -1.06. The fraction of sp³-hybridized carbons (Fsp3) is 0.273. The van der Waals surface area contributed by atoms with Crippen LogP contribution in [0.15, 0.2) is 23.6 Å². The van der Waals surface area contributed by atoms with E-state index in [1.807, 2.05) is 19.1 Å². The molecule has 0 amide bonds. The van der Waals surface area contributed by atoms with Crippen LogP contribution in [-0.4, -0.2) is 6.61 Å². The number of nitrogens with two attached hydrogens (primary N) is 1. The summed E-state index contributed by atoms with van der Waals surface area (Å²) in [5.41, 5.74) is 7.97. The number of thiophene rings is 1. The first kappa shape index (κ1) is 9.49. The van der Waals surface area contributed by atoms with E-state index in [1.54, 1.807) is 11.3 Å². The highest BCUT2D eigenvalue weighted by molar-refractivity contribution is 7.17. The van der Waals surface area contributed by atoms with Crippen molar-refractivity contribution in [2.75, 3.05) is 12.3 Å². The third-order valence-electron chi connectivity index (χ3n) is 2.17. The monoisotopic (exact) mass is 207 g/mol. The Bertz CT molecular complexity index is 436. The lowest BCUT2D eigenvalue weighted by atomic mass is 10.1. The molecule has 0 saturated carbocycles. The molecule has 0 fully saturated rings. The van der Waals surface area contributed by atoms with E-state index in [-0.39, 0.29) is 0 Å². The van der Waals surface area contributed by atoms with Crippen molar-refractivity contribution in [3.8, 4) is 0 Å². The molecule has 0 aliphatic carbocycles. The minimum Gasteiger partial charge on any atom is -0.398 e. The summed E-state index contributed by atoms with van der Waals surface area (Å²) in [5, 5.41) is 3.28. The van der Waals surface area contributed by atoms with E-state index >= 15 is 0 Å². The van der Waals surface area contributed by atoms with Gasteiger partial charge in [-0.15, -0.1) is 11.3 Å². The van der Waals surface area contributed by atoms with E-state index < -0.39 is 0 Å². The van der Waals surface area contributed by atoms with Gasteiger partial charge < -0.3 is 10.5 Å². The molecule has 0 aliphatic heterocycles. The van der Waals surface area contributed by atoms with Crippen molar-refractivity contribution in [1.82, 2.24) is 0 Å². The number of ether oxygens (including phenoxy) is 1. The standard InChI is InChI=1S/C11H13NOS/c1-2-13-6-8-7-14-10-5-3-4-9(12)11(8)10/h3-5,7H,2,6,12H2,1H3. The summed E-state index contributed by atoms with van der Waals surface area (Å²) < 4.78 is 6.63. The van der Waals surface area contributed by atoms with Gasteiger partial charge in [0.05, 0.1) is 6.61 Å².